The molecule has 192 valence electrons. The van der Waals surface area contributed by atoms with Crippen molar-refractivity contribution in [3.8, 4) is 5.75 Å². The van der Waals surface area contributed by atoms with E-state index in [1.165, 1.54) is 12.4 Å². The van der Waals surface area contributed by atoms with E-state index in [0.717, 1.165) is 24.3 Å². The van der Waals surface area contributed by atoms with Crippen molar-refractivity contribution in [2.24, 2.45) is 0 Å². The molecule has 1 fully saturated rings. The van der Waals surface area contributed by atoms with Crippen LogP contribution in [-0.2, 0) is 20.5 Å². The van der Waals surface area contributed by atoms with E-state index < -0.39 is 29.2 Å². The SMILES string of the molecule is C=CC(=O)Nc1cc2c(Nc3ccc(NC(=O)C=C)c(C(F)(F)F)c3)ncnc2cc1O[C@@H]1CCOC1. The first kappa shape index (κ1) is 25.6. The smallest absolute Gasteiger partial charge is 0.418 e. The summed E-state index contributed by atoms with van der Waals surface area (Å²) in [5, 5.41) is 8.10. The van der Waals surface area contributed by atoms with Crippen LogP contribution >= 0.6 is 0 Å². The maximum Gasteiger partial charge on any atom is 0.418 e. The molecule has 2 heterocycles. The van der Waals surface area contributed by atoms with Gasteiger partial charge in [-0.1, -0.05) is 13.2 Å². The molecular weight excluding hydrogens is 491 g/mol. The van der Waals surface area contributed by atoms with Gasteiger partial charge < -0.3 is 25.4 Å². The van der Waals surface area contributed by atoms with Crippen molar-refractivity contribution in [1.82, 2.24) is 9.97 Å². The number of alkyl halides is 3. The molecule has 0 radical (unpaired) electrons. The highest BCUT2D eigenvalue weighted by atomic mass is 19.4. The minimum absolute atomic E-state index is 0.0593. The van der Waals surface area contributed by atoms with Crippen LogP contribution in [0.4, 0.5) is 36.1 Å². The zero-order valence-corrected chi connectivity index (χ0v) is 19.4. The van der Waals surface area contributed by atoms with Gasteiger partial charge in [-0.25, -0.2) is 9.97 Å². The maximum atomic E-state index is 13.7. The van der Waals surface area contributed by atoms with Crippen molar-refractivity contribution in [3.05, 3.63) is 67.5 Å². The number of carbonyl (C=O) groups is 2. The number of nitrogens with one attached hydrogen (secondary N) is 3. The van der Waals surface area contributed by atoms with Crippen molar-refractivity contribution in [2.45, 2.75) is 18.7 Å². The Balaban J connectivity index is 1.73. The van der Waals surface area contributed by atoms with Gasteiger partial charge in [-0.2, -0.15) is 13.2 Å². The second kappa shape index (κ2) is 10.7. The first-order valence-corrected chi connectivity index (χ1v) is 11.1. The molecule has 3 N–H and O–H groups in total. The minimum Gasteiger partial charge on any atom is -0.486 e. The molecule has 37 heavy (non-hydrogen) atoms. The number of aromatic nitrogens is 2. The summed E-state index contributed by atoms with van der Waals surface area (Å²) in [5.74, 6) is -0.718. The Bertz CT molecular complexity index is 1370. The number of nitrogens with zero attached hydrogens (tertiary/aromatic N) is 2. The van der Waals surface area contributed by atoms with Gasteiger partial charge in [-0.05, 0) is 36.4 Å². The quantitative estimate of drug-likeness (QED) is 0.371. The Morgan fingerprint density at radius 1 is 1.05 bits per heavy atom. The molecule has 2 aromatic carbocycles. The second-order valence-electron chi connectivity index (χ2n) is 7.96. The van der Waals surface area contributed by atoms with Crippen LogP contribution < -0.4 is 20.7 Å². The standard InChI is InChI=1S/C25H22F3N5O4/c1-3-22(34)32-18-6-5-14(9-17(18)25(26,27)28)31-24-16-10-20(33-23(35)4-2)21(11-19(16)29-13-30-24)37-15-7-8-36-12-15/h3-6,9-11,13,15H,1-2,7-8,12H2,(H,32,34)(H,33,35)(H,29,30,31)/t15-/m1/s1. The zero-order valence-electron chi connectivity index (χ0n) is 19.4. The van der Waals surface area contributed by atoms with Crippen LogP contribution in [0.5, 0.6) is 5.75 Å². The highest BCUT2D eigenvalue weighted by Gasteiger charge is 2.34. The molecule has 0 unspecified atom stereocenters. The fraction of sp³-hybridized carbons (Fsp3) is 0.200. The first-order valence-electron chi connectivity index (χ1n) is 11.1. The number of halogens is 3. The van der Waals surface area contributed by atoms with Crippen molar-refractivity contribution in [2.75, 3.05) is 29.2 Å². The van der Waals surface area contributed by atoms with Gasteiger partial charge >= 0.3 is 6.18 Å². The average Bonchev–Trinajstić information content (AvgIpc) is 3.38. The van der Waals surface area contributed by atoms with E-state index in [2.05, 4.69) is 39.1 Å². The number of anilines is 4. The molecule has 1 aliphatic heterocycles. The fourth-order valence-corrected chi connectivity index (χ4v) is 3.63. The second-order valence-corrected chi connectivity index (χ2v) is 7.96. The molecule has 4 rings (SSSR count). The zero-order chi connectivity index (χ0) is 26.6. The normalized spacial score (nSPS) is 15.2. The molecule has 1 aliphatic rings. The summed E-state index contributed by atoms with van der Waals surface area (Å²) < 4.78 is 52.4. The Labute approximate surface area is 209 Å². The van der Waals surface area contributed by atoms with Crippen LogP contribution in [0, 0.1) is 0 Å². The van der Waals surface area contributed by atoms with Crippen molar-refractivity contribution in [3.63, 3.8) is 0 Å². The summed E-state index contributed by atoms with van der Waals surface area (Å²) in [6, 6.07) is 6.51. The van der Waals surface area contributed by atoms with E-state index in [1.54, 1.807) is 12.1 Å². The van der Waals surface area contributed by atoms with Gasteiger partial charge in [0, 0.05) is 23.6 Å². The van der Waals surface area contributed by atoms with Gasteiger partial charge in [-0.3, -0.25) is 9.59 Å². The first-order chi connectivity index (χ1) is 17.7. The topological polar surface area (TPSA) is 114 Å². The number of benzene rings is 2. The lowest BCUT2D eigenvalue weighted by molar-refractivity contribution is -0.136. The van der Waals surface area contributed by atoms with Crippen LogP contribution in [0.3, 0.4) is 0 Å². The molecule has 1 atom stereocenters. The van der Waals surface area contributed by atoms with Crippen LogP contribution in [0.15, 0.2) is 62.0 Å². The van der Waals surface area contributed by atoms with E-state index in [4.69, 9.17) is 9.47 Å². The van der Waals surface area contributed by atoms with Crippen LogP contribution in [0.2, 0.25) is 0 Å². The van der Waals surface area contributed by atoms with Crippen molar-refractivity contribution in [1.29, 1.82) is 0 Å². The van der Waals surface area contributed by atoms with Gasteiger partial charge in [0.1, 0.15) is 24.0 Å². The molecule has 12 heteroatoms. The van der Waals surface area contributed by atoms with Crippen LogP contribution in [-0.4, -0.2) is 41.1 Å². The molecule has 0 bridgehead atoms. The molecule has 9 nitrogen and oxygen atoms in total. The van der Waals surface area contributed by atoms with Crippen molar-refractivity contribution < 1.29 is 32.2 Å². The number of fused-ring (bicyclic) bond motifs is 1. The van der Waals surface area contributed by atoms with Gasteiger partial charge in [0.05, 0.1) is 35.7 Å². The summed E-state index contributed by atoms with van der Waals surface area (Å²) in [6.07, 6.45) is -1.06. The van der Waals surface area contributed by atoms with Gasteiger partial charge in [-0.15, -0.1) is 0 Å². The Morgan fingerprint density at radius 2 is 1.78 bits per heavy atom. The Hall–Kier alpha value is -4.45. The Kier molecular flexibility index (Phi) is 7.39. The van der Waals surface area contributed by atoms with E-state index in [0.29, 0.717) is 42.0 Å². The lowest BCUT2D eigenvalue weighted by Gasteiger charge is -2.18. The molecule has 1 saturated heterocycles. The number of rotatable bonds is 8. The number of amides is 2. The highest BCUT2D eigenvalue weighted by Crippen LogP contribution is 2.38. The summed E-state index contributed by atoms with van der Waals surface area (Å²) >= 11 is 0. The number of hydrogen-bond acceptors (Lipinski definition) is 7. The largest absolute Gasteiger partial charge is 0.486 e. The third-order valence-electron chi connectivity index (χ3n) is 5.39. The van der Waals surface area contributed by atoms with Crippen LogP contribution in [0.1, 0.15) is 12.0 Å². The molecular formula is C25H22F3N5O4. The summed E-state index contributed by atoms with van der Waals surface area (Å²) in [5.41, 5.74) is -0.680. The van der Waals surface area contributed by atoms with E-state index in [-0.39, 0.29) is 17.6 Å². The molecule has 2 amide bonds. The van der Waals surface area contributed by atoms with E-state index in [9.17, 15) is 22.8 Å². The monoisotopic (exact) mass is 513 g/mol. The van der Waals surface area contributed by atoms with E-state index >= 15 is 0 Å². The molecule has 0 saturated carbocycles. The fourth-order valence-electron chi connectivity index (χ4n) is 3.63. The van der Waals surface area contributed by atoms with Crippen LogP contribution in [0.25, 0.3) is 10.9 Å². The predicted octanol–water partition coefficient (Wildman–Crippen LogP) is 4.81. The average molecular weight is 513 g/mol. The van der Waals surface area contributed by atoms with E-state index in [1.807, 2.05) is 0 Å². The minimum atomic E-state index is -4.74. The number of hydrogen-bond donors (Lipinski definition) is 3. The molecule has 0 aliphatic carbocycles. The molecule has 3 aromatic rings. The van der Waals surface area contributed by atoms with Crippen molar-refractivity contribution >= 4 is 45.6 Å². The number of carbonyl (C=O) groups excluding carboxylic acids is 2. The summed E-state index contributed by atoms with van der Waals surface area (Å²) in [6.45, 7) is 7.65. The highest BCUT2D eigenvalue weighted by molar-refractivity contribution is 6.03. The summed E-state index contributed by atoms with van der Waals surface area (Å²) in [7, 11) is 0. The Morgan fingerprint density at radius 3 is 2.43 bits per heavy atom. The third kappa shape index (κ3) is 6.04. The maximum absolute atomic E-state index is 13.7. The molecule has 1 aromatic heterocycles. The summed E-state index contributed by atoms with van der Waals surface area (Å²) in [4.78, 5) is 32.0. The van der Waals surface area contributed by atoms with Gasteiger partial charge in [0.2, 0.25) is 11.8 Å². The number of ether oxygens (including phenoxy) is 2. The van der Waals surface area contributed by atoms with Gasteiger partial charge in [0.25, 0.3) is 0 Å². The van der Waals surface area contributed by atoms with Gasteiger partial charge in [0.15, 0.2) is 0 Å². The molecule has 0 spiro atoms. The predicted molar refractivity (Wildman–Crippen MR) is 132 cm³/mol. The lowest BCUT2D eigenvalue weighted by Crippen LogP contribution is -2.18. The lowest BCUT2D eigenvalue weighted by atomic mass is 10.1. The third-order valence-corrected chi connectivity index (χ3v) is 5.39.